The highest BCUT2D eigenvalue weighted by Crippen LogP contribution is 2.25. The number of aromatic nitrogens is 3. The Morgan fingerprint density at radius 2 is 2.18 bits per heavy atom. The molecule has 0 unspecified atom stereocenters. The largest absolute Gasteiger partial charge is 0.481 e. The van der Waals surface area contributed by atoms with Crippen molar-refractivity contribution in [1.82, 2.24) is 14.8 Å². The number of hydrogen-bond acceptors (Lipinski definition) is 3. The summed E-state index contributed by atoms with van der Waals surface area (Å²) in [6, 6.07) is 2.17. The summed E-state index contributed by atoms with van der Waals surface area (Å²) in [4.78, 5) is 3.82. The van der Waals surface area contributed by atoms with E-state index in [0.717, 1.165) is 6.20 Å². The SMILES string of the molecule is COc1ncc(F)cc1[C@H](C)n1ccc(F)n1. The molecule has 1 atom stereocenters. The Bertz CT molecular complexity index is 527. The molecule has 6 heteroatoms. The van der Waals surface area contributed by atoms with E-state index in [-0.39, 0.29) is 6.04 Å². The van der Waals surface area contributed by atoms with Gasteiger partial charge in [-0.3, -0.25) is 4.68 Å². The summed E-state index contributed by atoms with van der Waals surface area (Å²) in [5, 5.41) is 3.64. The van der Waals surface area contributed by atoms with Crippen molar-refractivity contribution in [2.45, 2.75) is 13.0 Å². The van der Waals surface area contributed by atoms with Crippen molar-refractivity contribution < 1.29 is 13.5 Å². The molecule has 2 rings (SSSR count). The van der Waals surface area contributed by atoms with Gasteiger partial charge in [0.2, 0.25) is 11.8 Å². The predicted octanol–water partition coefficient (Wildman–Crippen LogP) is 2.17. The van der Waals surface area contributed by atoms with Gasteiger partial charge in [-0.05, 0) is 13.0 Å². The van der Waals surface area contributed by atoms with Crippen molar-refractivity contribution in [3.63, 3.8) is 0 Å². The fraction of sp³-hybridized carbons (Fsp3) is 0.273. The molecule has 0 amide bonds. The van der Waals surface area contributed by atoms with Gasteiger partial charge < -0.3 is 4.74 Å². The van der Waals surface area contributed by atoms with Gasteiger partial charge in [-0.1, -0.05) is 0 Å². The van der Waals surface area contributed by atoms with Crippen LogP contribution in [0.3, 0.4) is 0 Å². The molecule has 0 fully saturated rings. The smallest absolute Gasteiger partial charge is 0.232 e. The number of pyridine rings is 1. The lowest BCUT2D eigenvalue weighted by molar-refractivity contribution is 0.379. The van der Waals surface area contributed by atoms with Crippen molar-refractivity contribution in [3.8, 4) is 5.88 Å². The highest BCUT2D eigenvalue weighted by molar-refractivity contribution is 5.29. The zero-order valence-electron chi connectivity index (χ0n) is 9.39. The van der Waals surface area contributed by atoms with E-state index in [1.807, 2.05) is 0 Å². The number of rotatable bonds is 3. The fourth-order valence-electron chi connectivity index (χ4n) is 1.59. The lowest BCUT2D eigenvalue weighted by Crippen LogP contribution is -2.10. The fourth-order valence-corrected chi connectivity index (χ4v) is 1.59. The second-order valence-corrected chi connectivity index (χ2v) is 3.55. The van der Waals surface area contributed by atoms with Gasteiger partial charge in [-0.2, -0.15) is 4.39 Å². The highest BCUT2D eigenvalue weighted by Gasteiger charge is 2.16. The molecular formula is C11H11F2N3O. The van der Waals surface area contributed by atoms with Crippen molar-refractivity contribution >= 4 is 0 Å². The maximum Gasteiger partial charge on any atom is 0.232 e. The molecule has 2 aromatic rings. The molecular weight excluding hydrogens is 228 g/mol. The minimum absolute atomic E-state index is 0.301. The molecule has 0 aliphatic carbocycles. The maximum atomic E-state index is 13.1. The van der Waals surface area contributed by atoms with Gasteiger partial charge >= 0.3 is 0 Å². The van der Waals surface area contributed by atoms with Crippen LogP contribution in [-0.4, -0.2) is 21.9 Å². The maximum absolute atomic E-state index is 13.1. The Labute approximate surface area is 96.9 Å². The molecule has 2 aromatic heterocycles. The lowest BCUT2D eigenvalue weighted by Gasteiger charge is -2.15. The summed E-state index contributed by atoms with van der Waals surface area (Å²) < 4.78 is 32.4. The zero-order valence-corrected chi connectivity index (χ0v) is 9.39. The van der Waals surface area contributed by atoms with Crippen molar-refractivity contribution in [2.24, 2.45) is 0 Å². The molecule has 0 spiro atoms. The third-order valence-electron chi connectivity index (χ3n) is 2.46. The van der Waals surface area contributed by atoms with Crippen LogP contribution in [-0.2, 0) is 0 Å². The van der Waals surface area contributed by atoms with E-state index in [9.17, 15) is 8.78 Å². The minimum Gasteiger partial charge on any atom is -0.481 e. The zero-order chi connectivity index (χ0) is 12.4. The van der Waals surface area contributed by atoms with Crippen LogP contribution in [0.15, 0.2) is 24.5 Å². The number of ether oxygens (including phenoxy) is 1. The molecule has 90 valence electrons. The van der Waals surface area contributed by atoms with Crippen LogP contribution < -0.4 is 4.74 Å². The summed E-state index contributed by atoms with van der Waals surface area (Å²) in [6.07, 6.45) is 2.54. The molecule has 2 heterocycles. The summed E-state index contributed by atoms with van der Waals surface area (Å²) in [5.74, 6) is -0.754. The Balaban J connectivity index is 2.42. The normalized spacial score (nSPS) is 12.5. The average molecular weight is 239 g/mol. The Hall–Kier alpha value is -1.98. The van der Waals surface area contributed by atoms with E-state index in [1.54, 1.807) is 6.92 Å². The van der Waals surface area contributed by atoms with Crippen LogP contribution in [0.4, 0.5) is 8.78 Å². The highest BCUT2D eigenvalue weighted by atomic mass is 19.1. The second-order valence-electron chi connectivity index (χ2n) is 3.55. The van der Waals surface area contributed by atoms with Gasteiger partial charge in [0.05, 0.1) is 19.3 Å². The van der Waals surface area contributed by atoms with Gasteiger partial charge in [-0.25, -0.2) is 9.37 Å². The first kappa shape index (κ1) is 11.5. The summed E-state index contributed by atoms with van der Waals surface area (Å²) in [5.41, 5.74) is 0.510. The van der Waals surface area contributed by atoms with E-state index in [0.29, 0.717) is 11.4 Å². The lowest BCUT2D eigenvalue weighted by atomic mass is 10.1. The van der Waals surface area contributed by atoms with Gasteiger partial charge in [0, 0.05) is 17.8 Å². The first-order valence-electron chi connectivity index (χ1n) is 5.02. The van der Waals surface area contributed by atoms with Gasteiger partial charge in [0.15, 0.2) is 0 Å². The molecule has 0 saturated carbocycles. The van der Waals surface area contributed by atoms with Gasteiger partial charge in [-0.15, -0.1) is 5.10 Å². The third-order valence-corrected chi connectivity index (χ3v) is 2.46. The van der Waals surface area contributed by atoms with E-state index in [4.69, 9.17) is 4.74 Å². The van der Waals surface area contributed by atoms with E-state index in [2.05, 4.69) is 10.1 Å². The second kappa shape index (κ2) is 4.48. The molecule has 0 N–H and O–H groups in total. The van der Waals surface area contributed by atoms with Crippen LogP contribution >= 0.6 is 0 Å². The summed E-state index contributed by atoms with van der Waals surface area (Å²) >= 11 is 0. The molecule has 0 aromatic carbocycles. The molecule has 4 nitrogen and oxygen atoms in total. The first-order chi connectivity index (χ1) is 8.11. The number of halogens is 2. The monoisotopic (exact) mass is 239 g/mol. The Morgan fingerprint density at radius 1 is 1.41 bits per heavy atom. The Morgan fingerprint density at radius 3 is 2.76 bits per heavy atom. The van der Waals surface area contributed by atoms with Crippen LogP contribution in [0.2, 0.25) is 0 Å². The topological polar surface area (TPSA) is 39.9 Å². The molecule has 0 bridgehead atoms. The van der Waals surface area contributed by atoms with Crippen LogP contribution in [0, 0.1) is 11.8 Å². The average Bonchev–Trinajstić information content (AvgIpc) is 2.75. The third kappa shape index (κ3) is 2.25. The molecule has 0 aliphatic rings. The molecule has 0 aliphatic heterocycles. The van der Waals surface area contributed by atoms with Crippen LogP contribution in [0.5, 0.6) is 5.88 Å². The predicted molar refractivity (Wildman–Crippen MR) is 56.7 cm³/mol. The molecule has 0 saturated heterocycles. The number of methoxy groups -OCH3 is 1. The van der Waals surface area contributed by atoms with Crippen LogP contribution in [0.1, 0.15) is 18.5 Å². The molecule has 17 heavy (non-hydrogen) atoms. The minimum atomic E-state index is -0.583. The molecule has 0 radical (unpaired) electrons. The van der Waals surface area contributed by atoms with E-state index >= 15 is 0 Å². The van der Waals surface area contributed by atoms with Crippen molar-refractivity contribution in [3.05, 3.63) is 41.9 Å². The first-order valence-corrected chi connectivity index (χ1v) is 5.02. The van der Waals surface area contributed by atoms with E-state index in [1.165, 1.54) is 30.1 Å². The van der Waals surface area contributed by atoms with E-state index < -0.39 is 11.8 Å². The summed E-state index contributed by atoms with van der Waals surface area (Å²) in [6.45, 7) is 1.76. The van der Waals surface area contributed by atoms with Crippen LogP contribution in [0.25, 0.3) is 0 Å². The van der Waals surface area contributed by atoms with Crippen molar-refractivity contribution in [1.29, 1.82) is 0 Å². The van der Waals surface area contributed by atoms with Gasteiger partial charge in [0.1, 0.15) is 5.82 Å². The number of hydrogen-bond donors (Lipinski definition) is 0. The standard InChI is InChI=1S/C11H11F2N3O/c1-7(16-4-3-10(13)15-16)9-5-8(12)6-14-11(9)17-2/h3-7H,1-2H3/t7-/m0/s1. The van der Waals surface area contributed by atoms with Crippen molar-refractivity contribution in [2.75, 3.05) is 7.11 Å². The van der Waals surface area contributed by atoms with Gasteiger partial charge in [0.25, 0.3) is 0 Å². The number of nitrogens with zero attached hydrogens (tertiary/aromatic N) is 3. The summed E-state index contributed by atoms with van der Waals surface area (Å²) in [7, 11) is 1.44. The quantitative estimate of drug-likeness (QED) is 0.824. The Kier molecular flexibility index (Phi) is 3.03.